The van der Waals surface area contributed by atoms with Crippen LogP contribution >= 0.6 is 0 Å². The average molecular weight is 411 g/mol. The van der Waals surface area contributed by atoms with Crippen molar-refractivity contribution in [1.29, 1.82) is 0 Å². The van der Waals surface area contributed by atoms with Crippen LogP contribution in [0.3, 0.4) is 0 Å². The molecule has 1 aliphatic carbocycles. The van der Waals surface area contributed by atoms with E-state index in [0.29, 0.717) is 5.56 Å². The van der Waals surface area contributed by atoms with Gasteiger partial charge in [-0.1, -0.05) is 66.6 Å². The maximum absolute atomic E-state index is 13.0. The highest BCUT2D eigenvalue weighted by Crippen LogP contribution is 2.47. The minimum Gasteiger partial charge on any atom is -0.480 e. The highest BCUT2D eigenvalue weighted by atomic mass is 16.5. The average Bonchev–Trinajstić information content (AvgIpc) is 3.13. The molecule has 0 fully saturated rings. The zero-order valence-corrected chi connectivity index (χ0v) is 17.0. The molecule has 31 heavy (non-hydrogen) atoms. The molecule has 0 spiro atoms. The number of methoxy groups -OCH3 is 1. The number of aliphatic carboxylic acids is 1. The van der Waals surface area contributed by atoms with Crippen molar-refractivity contribution in [3.63, 3.8) is 0 Å². The summed E-state index contributed by atoms with van der Waals surface area (Å²) in [7, 11) is 1.26. The topological polar surface area (TPSA) is 66.8 Å². The molecule has 1 amide bonds. The number of ether oxygens (including phenoxy) is 1. The first-order valence-corrected chi connectivity index (χ1v) is 9.88. The molecule has 3 aromatic carbocycles. The van der Waals surface area contributed by atoms with Crippen molar-refractivity contribution < 1.29 is 19.4 Å². The lowest BCUT2D eigenvalue weighted by Crippen LogP contribution is -2.48. The maximum Gasteiger partial charge on any atom is 0.411 e. The number of carbonyl (C=O) groups is 2. The molecule has 4 rings (SSSR count). The molecule has 154 valence electrons. The summed E-state index contributed by atoms with van der Waals surface area (Å²) in [6.07, 6.45) is 4.89. The highest BCUT2D eigenvalue weighted by Gasteiger charge is 2.42. The standard InChI is InChI=1S/C26H21NO4/c1-3-17-9-8-10-18(15-17)16-23(25(28)29)27(26(30)31-2)24-21-13-6-4-11-19(21)20-12-5-7-14-22(20)24/h1,4-15,23-24H,16H2,2H3,(H,28,29)/t23-/m0/s1. The number of terminal acetylenes is 1. The second-order valence-corrected chi connectivity index (χ2v) is 7.36. The number of carboxylic acids is 1. The lowest BCUT2D eigenvalue weighted by molar-refractivity contribution is -0.143. The van der Waals surface area contributed by atoms with Crippen LogP contribution in [0.15, 0.2) is 72.8 Å². The molecule has 1 N–H and O–H groups in total. The number of fused-ring (bicyclic) bond motifs is 3. The van der Waals surface area contributed by atoms with Crippen LogP contribution in [0.4, 0.5) is 4.79 Å². The van der Waals surface area contributed by atoms with Crippen LogP contribution in [0.25, 0.3) is 11.1 Å². The van der Waals surface area contributed by atoms with Crippen LogP contribution < -0.4 is 0 Å². The Hall–Kier alpha value is -4.04. The fourth-order valence-corrected chi connectivity index (χ4v) is 4.26. The molecule has 0 bridgehead atoms. The Morgan fingerprint density at radius 1 is 1.03 bits per heavy atom. The predicted octanol–water partition coefficient (Wildman–Crippen LogP) is 4.50. The van der Waals surface area contributed by atoms with E-state index in [9.17, 15) is 14.7 Å². The van der Waals surface area contributed by atoms with Crippen LogP contribution in [0.5, 0.6) is 0 Å². The van der Waals surface area contributed by atoms with E-state index in [1.165, 1.54) is 12.0 Å². The van der Waals surface area contributed by atoms with E-state index in [1.807, 2.05) is 54.6 Å². The van der Waals surface area contributed by atoms with E-state index >= 15 is 0 Å². The summed E-state index contributed by atoms with van der Waals surface area (Å²) < 4.78 is 5.06. The number of rotatable bonds is 5. The number of carboxylic acid groups (broad SMARTS) is 1. The Kier molecular flexibility index (Phi) is 5.46. The Bertz CT molecular complexity index is 1150. The van der Waals surface area contributed by atoms with Gasteiger partial charge in [-0.15, -0.1) is 6.42 Å². The number of hydrogen-bond donors (Lipinski definition) is 1. The molecule has 5 nitrogen and oxygen atoms in total. The van der Waals surface area contributed by atoms with Gasteiger partial charge in [-0.3, -0.25) is 4.90 Å². The van der Waals surface area contributed by atoms with E-state index in [1.54, 1.807) is 18.2 Å². The summed E-state index contributed by atoms with van der Waals surface area (Å²) in [6.45, 7) is 0. The molecule has 0 unspecified atom stereocenters. The van der Waals surface area contributed by atoms with Gasteiger partial charge in [0.25, 0.3) is 0 Å². The van der Waals surface area contributed by atoms with Gasteiger partial charge in [0.15, 0.2) is 0 Å². The molecule has 0 radical (unpaired) electrons. The van der Waals surface area contributed by atoms with Crippen molar-refractivity contribution in [2.24, 2.45) is 0 Å². The Morgan fingerprint density at radius 3 is 2.19 bits per heavy atom. The van der Waals surface area contributed by atoms with Gasteiger partial charge in [0.05, 0.1) is 13.2 Å². The first-order valence-electron chi connectivity index (χ1n) is 9.88. The summed E-state index contributed by atoms with van der Waals surface area (Å²) in [5.74, 6) is 1.45. The van der Waals surface area contributed by atoms with Gasteiger partial charge in [-0.05, 0) is 39.9 Å². The van der Waals surface area contributed by atoms with Gasteiger partial charge < -0.3 is 9.84 Å². The van der Waals surface area contributed by atoms with Crippen molar-refractivity contribution >= 4 is 12.1 Å². The fraction of sp³-hybridized carbons (Fsp3) is 0.154. The van der Waals surface area contributed by atoms with Gasteiger partial charge in [0.1, 0.15) is 6.04 Å². The Morgan fingerprint density at radius 2 is 1.65 bits per heavy atom. The van der Waals surface area contributed by atoms with Gasteiger partial charge in [-0.2, -0.15) is 0 Å². The quantitative estimate of drug-likeness (QED) is 0.628. The first-order chi connectivity index (χ1) is 15.0. The Balaban J connectivity index is 1.84. The molecular formula is C26H21NO4. The van der Waals surface area contributed by atoms with Crippen LogP contribution in [0.1, 0.15) is 28.3 Å². The summed E-state index contributed by atoms with van der Waals surface area (Å²) >= 11 is 0. The predicted molar refractivity (Wildman–Crippen MR) is 117 cm³/mol. The summed E-state index contributed by atoms with van der Waals surface area (Å²) in [5.41, 5.74) is 5.10. The lowest BCUT2D eigenvalue weighted by Gasteiger charge is -2.34. The minimum absolute atomic E-state index is 0.0980. The maximum atomic E-state index is 13.0. The van der Waals surface area contributed by atoms with Crippen LogP contribution in [0.2, 0.25) is 0 Å². The lowest BCUT2D eigenvalue weighted by atomic mass is 9.97. The molecule has 3 aromatic rings. The van der Waals surface area contributed by atoms with Crippen molar-refractivity contribution in [2.45, 2.75) is 18.5 Å². The monoisotopic (exact) mass is 411 g/mol. The van der Waals surface area contributed by atoms with Crippen molar-refractivity contribution in [1.82, 2.24) is 4.90 Å². The number of hydrogen-bond acceptors (Lipinski definition) is 3. The molecule has 1 atom stereocenters. The third-order valence-electron chi connectivity index (χ3n) is 5.61. The van der Waals surface area contributed by atoms with E-state index in [2.05, 4.69) is 5.92 Å². The molecule has 0 heterocycles. The zero-order valence-electron chi connectivity index (χ0n) is 17.0. The SMILES string of the molecule is C#Cc1cccc(C[C@@H](C(=O)O)N(C(=O)OC)C2c3ccccc3-c3ccccc32)c1. The third kappa shape index (κ3) is 3.64. The second-order valence-electron chi connectivity index (χ2n) is 7.36. The van der Waals surface area contributed by atoms with Crippen molar-refractivity contribution in [3.8, 4) is 23.5 Å². The number of amides is 1. The van der Waals surface area contributed by atoms with Crippen molar-refractivity contribution in [3.05, 3.63) is 95.1 Å². The molecule has 1 aliphatic rings. The number of nitrogens with zero attached hydrogens (tertiary/aromatic N) is 1. The van der Waals surface area contributed by atoms with Gasteiger partial charge in [0.2, 0.25) is 0 Å². The van der Waals surface area contributed by atoms with E-state index < -0.39 is 24.1 Å². The molecule has 0 aliphatic heterocycles. The van der Waals surface area contributed by atoms with Crippen LogP contribution in [-0.4, -0.2) is 35.2 Å². The number of carbonyl (C=O) groups excluding carboxylic acids is 1. The smallest absolute Gasteiger partial charge is 0.411 e. The van der Waals surface area contributed by atoms with E-state index in [-0.39, 0.29) is 6.42 Å². The Labute approximate surface area is 180 Å². The van der Waals surface area contributed by atoms with E-state index in [0.717, 1.165) is 27.8 Å². The normalized spacial score (nSPS) is 12.9. The van der Waals surface area contributed by atoms with Crippen LogP contribution in [0, 0.1) is 12.3 Å². The second kappa shape index (κ2) is 8.37. The summed E-state index contributed by atoms with van der Waals surface area (Å²) in [5, 5.41) is 10.1. The summed E-state index contributed by atoms with van der Waals surface area (Å²) in [4.78, 5) is 26.7. The zero-order chi connectivity index (χ0) is 22.0. The first kappa shape index (κ1) is 20.2. The highest BCUT2D eigenvalue weighted by molar-refractivity contribution is 5.85. The van der Waals surface area contributed by atoms with Crippen LogP contribution in [-0.2, 0) is 16.0 Å². The molecular weight excluding hydrogens is 390 g/mol. The van der Waals surface area contributed by atoms with Gasteiger partial charge in [0, 0.05) is 12.0 Å². The fourth-order valence-electron chi connectivity index (χ4n) is 4.26. The minimum atomic E-state index is -1.15. The molecule has 0 aromatic heterocycles. The molecule has 0 saturated carbocycles. The van der Waals surface area contributed by atoms with E-state index in [4.69, 9.17) is 11.2 Å². The van der Waals surface area contributed by atoms with Gasteiger partial charge in [-0.25, -0.2) is 9.59 Å². The molecule has 0 saturated heterocycles. The third-order valence-corrected chi connectivity index (χ3v) is 5.61. The largest absolute Gasteiger partial charge is 0.480 e. The summed E-state index contributed by atoms with van der Waals surface area (Å²) in [6, 6.07) is 20.9. The van der Waals surface area contributed by atoms with Crippen molar-refractivity contribution in [2.75, 3.05) is 7.11 Å². The molecule has 5 heteroatoms. The van der Waals surface area contributed by atoms with Gasteiger partial charge >= 0.3 is 12.1 Å². The number of benzene rings is 3.